The van der Waals surface area contributed by atoms with Gasteiger partial charge in [-0.15, -0.1) is 5.10 Å². The summed E-state index contributed by atoms with van der Waals surface area (Å²) in [5.41, 5.74) is 3.74. The predicted octanol–water partition coefficient (Wildman–Crippen LogP) is 2.79. The van der Waals surface area contributed by atoms with E-state index in [1.165, 1.54) is 0 Å². The first-order valence-electron chi connectivity index (χ1n) is 8.64. The number of anilines is 1. The van der Waals surface area contributed by atoms with Crippen molar-refractivity contribution >= 4 is 17.4 Å². The van der Waals surface area contributed by atoms with Gasteiger partial charge in [-0.3, -0.25) is 4.79 Å². The van der Waals surface area contributed by atoms with Crippen LogP contribution in [0.2, 0.25) is 0 Å². The summed E-state index contributed by atoms with van der Waals surface area (Å²) in [6, 6.07) is 14.7. The maximum absolute atomic E-state index is 12.5. The minimum atomic E-state index is -0.405. The normalized spacial score (nSPS) is 10.4. The number of fused-ring (bicyclic) bond motifs is 1. The SMILES string of the molecule is Cc1cc(C)n2nc(C(=O)Nc3cccc(C#Cc4ccccn4)c3)nc2n1. The van der Waals surface area contributed by atoms with Gasteiger partial charge in [-0.25, -0.2) is 14.5 Å². The molecule has 4 rings (SSSR count). The Balaban J connectivity index is 1.55. The Morgan fingerprint density at radius 1 is 1.04 bits per heavy atom. The molecule has 1 aromatic carbocycles. The molecule has 7 nitrogen and oxygen atoms in total. The summed E-state index contributed by atoms with van der Waals surface area (Å²) in [6.07, 6.45) is 1.70. The van der Waals surface area contributed by atoms with Crippen LogP contribution < -0.4 is 5.32 Å². The van der Waals surface area contributed by atoms with Crippen LogP contribution in [0.25, 0.3) is 5.78 Å². The zero-order chi connectivity index (χ0) is 19.5. The van der Waals surface area contributed by atoms with Crippen molar-refractivity contribution in [2.45, 2.75) is 13.8 Å². The van der Waals surface area contributed by atoms with Crippen molar-refractivity contribution in [1.29, 1.82) is 0 Å². The number of carbonyl (C=O) groups excluding carboxylic acids is 1. The number of rotatable bonds is 2. The zero-order valence-electron chi connectivity index (χ0n) is 15.3. The number of hydrogen-bond acceptors (Lipinski definition) is 5. The summed E-state index contributed by atoms with van der Waals surface area (Å²) in [6.45, 7) is 3.76. The van der Waals surface area contributed by atoms with Crippen LogP contribution in [0.15, 0.2) is 54.7 Å². The van der Waals surface area contributed by atoms with E-state index in [0.717, 1.165) is 17.0 Å². The molecule has 4 aromatic rings. The molecule has 0 atom stereocenters. The summed E-state index contributed by atoms with van der Waals surface area (Å²) in [7, 11) is 0. The highest BCUT2D eigenvalue weighted by Crippen LogP contribution is 2.12. The van der Waals surface area contributed by atoms with Crippen molar-refractivity contribution in [2.24, 2.45) is 0 Å². The molecule has 1 N–H and O–H groups in total. The largest absolute Gasteiger partial charge is 0.319 e. The van der Waals surface area contributed by atoms with Crippen LogP contribution in [0.4, 0.5) is 5.69 Å². The van der Waals surface area contributed by atoms with Gasteiger partial charge in [-0.05, 0) is 56.2 Å². The van der Waals surface area contributed by atoms with Gasteiger partial charge in [0.05, 0.1) is 0 Å². The van der Waals surface area contributed by atoms with E-state index >= 15 is 0 Å². The molecule has 0 saturated heterocycles. The lowest BCUT2D eigenvalue weighted by Crippen LogP contribution is -2.14. The predicted molar refractivity (Wildman–Crippen MR) is 105 cm³/mol. The first kappa shape index (κ1) is 17.4. The Labute approximate surface area is 161 Å². The van der Waals surface area contributed by atoms with Gasteiger partial charge < -0.3 is 5.32 Å². The van der Waals surface area contributed by atoms with E-state index in [1.807, 2.05) is 50.2 Å². The molecule has 136 valence electrons. The maximum Gasteiger partial charge on any atom is 0.295 e. The number of pyridine rings is 1. The van der Waals surface area contributed by atoms with Gasteiger partial charge >= 0.3 is 0 Å². The molecule has 28 heavy (non-hydrogen) atoms. The van der Waals surface area contributed by atoms with Crippen molar-refractivity contribution in [1.82, 2.24) is 24.6 Å². The number of nitrogens with zero attached hydrogens (tertiary/aromatic N) is 5. The second kappa shape index (κ2) is 7.29. The Kier molecular flexibility index (Phi) is 4.52. The fourth-order valence-electron chi connectivity index (χ4n) is 2.70. The van der Waals surface area contributed by atoms with Gasteiger partial charge in [-0.2, -0.15) is 4.98 Å². The van der Waals surface area contributed by atoms with Crippen LogP contribution in [0.5, 0.6) is 0 Å². The molecule has 1 amide bonds. The minimum Gasteiger partial charge on any atom is -0.319 e. The molecule has 0 spiro atoms. The van der Waals surface area contributed by atoms with E-state index in [1.54, 1.807) is 22.8 Å². The van der Waals surface area contributed by atoms with Crippen LogP contribution >= 0.6 is 0 Å². The van der Waals surface area contributed by atoms with Crippen LogP contribution in [-0.2, 0) is 0 Å². The number of nitrogens with one attached hydrogen (secondary N) is 1. The van der Waals surface area contributed by atoms with Gasteiger partial charge in [-0.1, -0.05) is 18.1 Å². The third-order valence-electron chi connectivity index (χ3n) is 3.94. The third-order valence-corrected chi connectivity index (χ3v) is 3.94. The third kappa shape index (κ3) is 3.71. The smallest absolute Gasteiger partial charge is 0.295 e. The molecule has 3 aromatic heterocycles. The molecule has 0 aliphatic rings. The topological polar surface area (TPSA) is 85.1 Å². The standard InChI is InChI=1S/C21H16N6O/c1-14-12-15(2)27-21(23-14)25-19(26-27)20(28)24-18-8-5-6-16(13-18)9-10-17-7-3-4-11-22-17/h3-8,11-13H,1-2H3,(H,24,28). The van der Waals surface area contributed by atoms with Crippen LogP contribution in [0, 0.1) is 25.7 Å². The average Bonchev–Trinajstić information content (AvgIpc) is 3.12. The van der Waals surface area contributed by atoms with E-state index < -0.39 is 5.91 Å². The Hall–Kier alpha value is -4.05. The quantitative estimate of drug-likeness (QED) is 0.550. The number of amides is 1. The van der Waals surface area contributed by atoms with Crippen molar-refractivity contribution < 1.29 is 4.79 Å². The van der Waals surface area contributed by atoms with Gasteiger partial charge in [0.1, 0.15) is 5.69 Å². The summed E-state index contributed by atoms with van der Waals surface area (Å²) in [5, 5.41) is 7.05. The molecule has 0 fully saturated rings. The van der Waals surface area contributed by atoms with Crippen LogP contribution in [-0.4, -0.2) is 30.5 Å². The highest BCUT2D eigenvalue weighted by Gasteiger charge is 2.15. The Morgan fingerprint density at radius 3 is 2.75 bits per heavy atom. The van der Waals surface area contributed by atoms with Crippen molar-refractivity contribution in [3.05, 3.63) is 83.2 Å². The van der Waals surface area contributed by atoms with Crippen molar-refractivity contribution in [3.63, 3.8) is 0 Å². The zero-order valence-corrected chi connectivity index (χ0v) is 15.3. The highest BCUT2D eigenvalue weighted by atomic mass is 16.2. The molecule has 0 aliphatic carbocycles. The van der Waals surface area contributed by atoms with E-state index in [2.05, 4.69) is 37.2 Å². The van der Waals surface area contributed by atoms with E-state index in [0.29, 0.717) is 17.2 Å². The number of benzene rings is 1. The molecule has 0 radical (unpaired) electrons. The van der Waals surface area contributed by atoms with Crippen molar-refractivity contribution in [2.75, 3.05) is 5.32 Å². The van der Waals surface area contributed by atoms with Gasteiger partial charge in [0, 0.05) is 28.8 Å². The summed E-state index contributed by atoms with van der Waals surface area (Å²) < 4.78 is 1.55. The van der Waals surface area contributed by atoms with Crippen LogP contribution in [0.1, 0.15) is 33.3 Å². The monoisotopic (exact) mass is 368 g/mol. The summed E-state index contributed by atoms with van der Waals surface area (Å²) in [4.78, 5) is 25.2. The lowest BCUT2D eigenvalue weighted by Gasteiger charge is -2.02. The lowest BCUT2D eigenvalue weighted by atomic mass is 10.2. The fourth-order valence-corrected chi connectivity index (χ4v) is 2.70. The summed E-state index contributed by atoms with van der Waals surface area (Å²) in [5.74, 6) is 6.09. The number of carbonyl (C=O) groups is 1. The van der Waals surface area contributed by atoms with Gasteiger partial charge in [0.2, 0.25) is 5.82 Å². The van der Waals surface area contributed by atoms with Crippen LogP contribution in [0.3, 0.4) is 0 Å². The molecule has 0 saturated carbocycles. The molecular weight excluding hydrogens is 352 g/mol. The number of hydrogen-bond donors (Lipinski definition) is 1. The second-order valence-electron chi connectivity index (χ2n) is 6.19. The number of aromatic nitrogens is 5. The number of aryl methyl sites for hydroxylation is 2. The molecule has 7 heteroatoms. The first-order valence-corrected chi connectivity index (χ1v) is 8.64. The molecule has 0 unspecified atom stereocenters. The Bertz CT molecular complexity index is 1230. The average molecular weight is 368 g/mol. The molecule has 0 bridgehead atoms. The van der Waals surface area contributed by atoms with Gasteiger partial charge in [0.15, 0.2) is 0 Å². The van der Waals surface area contributed by atoms with E-state index in [4.69, 9.17) is 0 Å². The molecule has 3 heterocycles. The molecular formula is C21H16N6O. The fraction of sp³-hybridized carbons (Fsp3) is 0.0952. The Morgan fingerprint density at radius 2 is 1.93 bits per heavy atom. The first-order chi connectivity index (χ1) is 13.6. The maximum atomic E-state index is 12.5. The van der Waals surface area contributed by atoms with Gasteiger partial charge in [0.25, 0.3) is 11.7 Å². The van der Waals surface area contributed by atoms with E-state index in [-0.39, 0.29) is 5.82 Å². The molecule has 0 aliphatic heterocycles. The highest BCUT2D eigenvalue weighted by molar-refractivity contribution is 6.01. The second-order valence-corrected chi connectivity index (χ2v) is 6.19. The minimum absolute atomic E-state index is 0.0613. The lowest BCUT2D eigenvalue weighted by molar-refractivity contribution is 0.101. The summed E-state index contributed by atoms with van der Waals surface area (Å²) >= 11 is 0. The van der Waals surface area contributed by atoms with E-state index in [9.17, 15) is 4.79 Å². The van der Waals surface area contributed by atoms with Crippen molar-refractivity contribution in [3.8, 4) is 11.8 Å².